The van der Waals surface area contributed by atoms with Gasteiger partial charge in [0.15, 0.2) is 9.84 Å². The van der Waals surface area contributed by atoms with Gasteiger partial charge in [-0.05, 0) is 23.8 Å². The smallest absolute Gasteiger partial charge is 0.255 e. The highest BCUT2D eigenvalue weighted by molar-refractivity contribution is 7.90. The van der Waals surface area contributed by atoms with Crippen LogP contribution in [-0.2, 0) is 16.4 Å². The number of hydrogen-bond donors (Lipinski definition) is 2. The van der Waals surface area contributed by atoms with E-state index in [1.165, 1.54) is 24.4 Å². The van der Waals surface area contributed by atoms with Crippen LogP contribution in [0.1, 0.15) is 15.9 Å². The third kappa shape index (κ3) is 3.96. The van der Waals surface area contributed by atoms with E-state index in [1.54, 1.807) is 12.1 Å². The van der Waals surface area contributed by atoms with E-state index in [0.29, 0.717) is 10.6 Å². The van der Waals surface area contributed by atoms with Gasteiger partial charge in [-0.25, -0.2) is 13.4 Å². The molecular formula is C14H14ClN3O3S. The molecule has 0 radical (unpaired) electrons. The van der Waals surface area contributed by atoms with Gasteiger partial charge in [-0.15, -0.1) is 0 Å². The Morgan fingerprint density at radius 2 is 2.09 bits per heavy atom. The number of carbonyl (C=O) groups is 1. The van der Waals surface area contributed by atoms with Crippen LogP contribution >= 0.6 is 11.6 Å². The van der Waals surface area contributed by atoms with Crippen molar-refractivity contribution in [2.45, 2.75) is 11.4 Å². The van der Waals surface area contributed by atoms with Crippen LogP contribution in [0, 0.1) is 0 Å². The Kier molecular flexibility index (Phi) is 4.68. The van der Waals surface area contributed by atoms with Gasteiger partial charge in [-0.3, -0.25) is 4.79 Å². The Labute approximate surface area is 133 Å². The number of nitrogen functional groups attached to an aromatic ring is 1. The highest BCUT2D eigenvalue weighted by Crippen LogP contribution is 2.15. The first-order chi connectivity index (χ1) is 10.3. The van der Waals surface area contributed by atoms with Gasteiger partial charge >= 0.3 is 0 Å². The Bertz CT molecular complexity index is 822. The summed E-state index contributed by atoms with van der Waals surface area (Å²) in [5.74, 6) is -0.357. The Morgan fingerprint density at radius 1 is 1.36 bits per heavy atom. The van der Waals surface area contributed by atoms with Crippen molar-refractivity contribution in [1.29, 1.82) is 0 Å². The summed E-state index contributed by atoms with van der Waals surface area (Å²) >= 11 is 5.78. The number of amides is 1. The number of anilines is 1. The van der Waals surface area contributed by atoms with E-state index in [4.69, 9.17) is 17.3 Å². The number of nitrogens with one attached hydrogen (secondary N) is 1. The molecular weight excluding hydrogens is 326 g/mol. The van der Waals surface area contributed by atoms with Gasteiger partial charge in [0.05, 0.1) is 15.5 Å². The molecule has 1 aromatic carbocycles. The van der Waals surface area contributed by atoms with E-state index in [-0.39, 0.29) is 22.8 Å². The second-order valence-electron chi connectivity index (χ2n) is 4.69. The number of hydrogen-bond acceptors (Lipinski definition) is 5. The molecule has 0 saturated carbocycles. The monoisotopic (exact) mass is 339 g/mol. The Morgan fingerprint density at radius 3 is 2.77 bits per heavy atom. The first-order valence-electron chi connectivity index (χ1n) is 6.25. The second-order valence-corrected chi connectivity index (χ2v) is 7.14. The van der Waals surface area contributed by atoms with Crippen LogP contribution in [-0.4, -0.2) is 25.6 Å². The molecule has 116 valence electrons. The van der Waals surface area contributed by atoms with Crippen molar-refractivity contribution in [3.8, 4) is 0 Å². The summed E-state index contributed by atoms with van der Waals surface area (Å²) < 4.78 is 23.0. The van der Waals surface area contributed by atoms with Crippen LogP contribution in [0.5, 0.6) is 0 Å². The molecule has 0 unspecified atom stereocenters. The summed E-state index contributed by atoms with van der Waals surface area (Å²) in [6, 6.07) is 7.77. The van der Waals surface area contributed by atoms with Gasteiger partial charge in [-0.1, -0.05) is 23.7 Å². The summed E-state index contributed by atoms with van der Waals surface area (Å²) in [6.07, 6.45) is 2.48. The van der Waals surface area contributed by atoms with Crippen molar-refractivity contribution < 1.29 is 13.2 Å². The highest BCUT2D eigenvalue weighted by Gasteiger charge is 2.12. The van der Waals surface area contributed by atoms with Crippen LogP contribution in [0.15, 0.2) is 41.4 Å². The molecule has 1 heterocycles. The molecule has 0 bridgehead atoms. The van der Waals surface area contributed by atoms with Crippen molar-refractivity contribution in [2.75, 3.05) is 12.0 Å². The van der Waals surface area contributed by atoms with Crippen molar-refractivity contribution >= 4 is 33.2 Å². The molecule has 0 saturated heterocycles. The van der Waals surface area contributed by atoms with Crippen molar-refractivity contribution in [1.82, 2.24) is 10.3 Å². The minimum atomic E-state index is -3.29. The minimum Gasteiger partial charge on any atom is -0.383 e. The molecule has 1 amide bonds. The third-order valence-electron chi connectivity index (χ3n) is 2.91. The largest absolute Gasteiger partial charge is 0.383 e. The minimum absolute atomic E-state index is 0.0757. The molecule has 6 nitrogen and oxygen atoms in total. The fourth-order valence-corrected chi connectivity index (χ4v) is 2.64. The van der Waals surface area contributed by atoms with Crippen LogP contribution in [0.25, 0.3) is 0 Å². The molecule has 0 aliphatic rings. The maximum atomic E-state index is 12.1. The zero-order chi connectivity index (χ0) is 16.3. The van der Waals surface area contributed by atoms with Gasteiger partial charge in [-0.2, -0.15) is 0 Å². The zero-order valence-electron chi connectivity index (χ0n) is 11.7. The first kappa shape index (κ1) is 16.3. The maximum absolute atomic E-state index is 12.1. The van der Waals surface area contributed by atoms with E-state index >= 15 is 0 Å². The first-order valence-corrected chi connectivity index (χ1v) is 8.52. The molecule has 0 spiro atoms. The normalized spacial score (nSPS) is 11.2. The number of aromatic nitrogens is 1. The van der Waals surface area contributed by atoms with E-state index in [9.17, 15) is 13.2 Å². The van der Waals surface area contributed by atoms with Crippen LogP contribution in [0.4, 0.5) is 5.82 Å². The molecule has 2 aromatic rings. The number of sulfone groups is 1. The lowest BCUT2D eigenvalue weighted by molar-refractivity contribution is 0.0951. The third-order valence-corrected chi connectivity index (χ3v) is 4.23. The number of pyridine rings is 1. The molecule has 0 aliphatic heterocycles. The molecule has 2 rings (SSSR count). The average Bonchev–Trinajstić information content (AvgIpc) is 2.47. The van der Waals surface area contributed by atoms with Crippen LogP contribution in [0.3, 0.4) is 0 Å². The van der Waals surface area contributed by atoms with Gasteiger partial charge in [0.25, 0.3) is 5.91 Å². The zero-order valence-corrected chi connectivity index (χ0v) is 13.3. The molecule has 1 aromatic heterocycles. The SMILES string of the molecule is CS(=O)(=O)c1cccc(CNC(=O)c2cc(Cl)cnc2N)c1. The van der Waals surface area contributed by atoms with E-state index < -0.39 is 15.7 Å². The predicted octanol–water partition coefficient (Wildman–Crippen LogP) is 1.65. The summed E-state index contributed by atoms with van der Waals surface area (Å²) in [5.41, 5.74) is 6.46. The lowest BCUT2D eigenvalue weighted by Gasteiger charge is -2.08. The van der Waals surface area contributed by atoms with Gasteiger partial charge < -0.3 is 11.1 Å². The summed E-state index contributed by atoms with van der Waals surface area (Å²) in [7, 11) is -3.29. The average molecular weight is 340 g/mol. The number of halogens is 1. The number of carbonyl (C=O) groups excluding carboxylic acids is 1. The van der Waals surface area contributed by atoms with E-state index in [0.717, 1.165) is 6.26 Å². The number of rotatable bonds is 4. The molecule has 8 heteroatoms. The number of benzene rings is 1. The molecule has 0 fully saturated rings. The quantitative estimate of drug-likeness (QED) is 0.881. The molecule has 3 N–H and O–H groups in total. The Hall–Kier alpha value is -2.12. The fourth-order valence-electron chi connectivity index (χ4n) is 1.80. The predicted molar refractivity (Wildman–Crippen MR) is 84.4 cm³/mol. The Balaban J connectivity index is 2.13. The standard InChI is InChI=1S/C14H14ClN3O3S/c1-22(20,21)11-4-2-3-9(5-11)7-18-14(19)12-6-10(15)8-17-13(12)16/h2-6,8H,7H2,1H3,(H2,16,17)(H,18,19). The second kappa shape index (κ2) is 6.33. The molecule has 0 atom stereocenters. The summed E-state index contributed by atoms with van der Waals surface area (Å²) in [5, 5.41) is 2.95. The lowest BCUT2D eigenvalue weighted by atomic mass is 10.2. The molecule has 22 heavy (non-hydrogen) atoms. The van der Waals surface area contributed by atoms with Gasteiger partial charge in [0, 0.05) is 19.0 Å². The number of nitrogens with zero attached hydrogens (tertiary/aromatic N) is 1. The highest BCUT2D eigenvalue weighted by atomic mass is 35.5. The van der Waals surface area contributed by atoms with Gasteiger partial charge in [0.1, 0.15) is 5.82 Å². The van der Waals surface area contributed by atoms with E-state index in [2.05, 4.69) is 10.3 Å². The van der Waals surface area contributed by atoms with Crippen molar-refractivity contribution in [3.05, 3.63) is 52.7 Å². The van der Waals surface area contributed by atoms with Gasteiger partial charge in [0.2, 0.25) is 0 Å². The maximum Gasteiger partial charge on any atom is 0.255 e. The van der Waals surface area contributed by atoms with Crippen LogP contribution < -0.4 is 11.1 Å². The lowest BCUT2D eigenvalue weighted by Crippen LogP contribution is -2.24. The fraction of sp³-hybridized carbons (Fsp3) is 0.143. The van der Waals surface area contributed by atoms with Crippen molar-refractivity contribution in [3.63, 3.8) is 0 Å². The van der Waals surface area contributed by atoms with Crippen LogP contribution in [0.2, 0.25) is 5.02 Å². The summed E-state index contributed by atoms with van der Waals surface area (Å²) in [4.78, 5) is 16.1. The van der Waals surface area contributed by atoms with Crippen molar-refractivity contribution in [2.24, 2.45) is 0 Å². The summed E-state index contributed by atoms with van der Waals surface area (Å²) in [6.45, 7) is 0.161. The van der Waals surface area contributed by atoms with E-state index in [1.807, 2.05) is 0 Å². The topological polar surface area (TPSA) is 102 Å². The number of nitrogens with two attached hydrogens (primary N) is 1. The molecule has 0 aliphatic carbocycles.